The van der Waals surface area contributed by atoms with E-state index in [1.165, 1.54) is 18.6 Å². The highest BCUT2D eigenvalue weighted by molar-refractivity contribution is 5.51. The minimum atomic E-state index is -4.46. The van der Waals surface area contributed by atoms with Crippen molar-refractivity contribution in [2.24, 2.45) is 5.41 Å². The fourth-order valence-electron chi connectivity index (χ4n) is 6.58. The van der Waals surface area contributed by atoms with Gasteiger partial charge < -0.3 is 5.11 Å². The lowest BCUT2D eigenvalue weighted by molar-refractivity contribution is -0.137. The lowest BCUT2D eigenvalue weighted by Gasteiger charge is -2.48. The van der Waals surface area contributed by atoms with E-state index < -0.39 is 24.0 Å². The Labute approximate surface area is 198 Å². The Bertz CT molecular complexity index is 1050. The number of aromatic nitrogens is 1. The SMILES string of the molecule is CC(C)c1nc2c(c(C3CCCC3)c1[C@@H](F)c1ccc(C(F)(F)F)cc1)[C@@H](O)CC1(CCC1)C2. The van der Waals surface area contributed by atoms with E-state index in [1.807, 2.05) is 13.8 Å². The first-order chi connectivity index (χ1) is 16.1. The maximum atomic E-state index is 16.4. The highest BCUT2D eigenvalue weighted by atomic mass is 19.4. The van der Waals surface area contributed by atoms with Crippen LogP contribution in [0.3, 0.4) is 0 Å². The van der Waals surface area contributed by atoms with Crippen molar-refractivity contribution in [1.29, 1.82) is 0 Å². The molecule has 184 valence electrons. The summed E-state index contributed by atoms with van der Waals surface area (Å²) in [7, 11) is 0. The summed E-state index contributed by atoms with van der Waals surface area (Å²) in [6, 6.07) is 4.39. The van der Waals surface area contributed by atoms with Crippen LogP contribution >= 0.6 is 0 Å². The number of aliphatic hydroxyl groups excluding tert-OH is 1. The van der Waals surface area contributed by atoms with Crippen molar-refractivity contribution < 1.29 is 22.7 Å². The highest BCUT2D eigenvalue weighted by Gasteiger charge is 2.46. The number of alkyl halides is 4. The number of pyridine rings is 1. The Morgan fingerprint density at radius 1 is 1.00 bits per heavy atom. The van der Waals surface area contributed by atoms with Crippen LogP contribution in [0.15, 0.2) is 24.3 Å². The van der Waals surface area contributed by atoms with Crippen molar-refractivity contribution in [1.82, 2.24) is 4.98 Å². The molecule has 0 aliphatic heterocycles. The van der Waals surface area contributed by atoms with Crippen LogP contribution in [0.2, 0.25) is 0 Å². The van der Waals surface area contributed by atoms with Crippen LogP contribution in [0, 0.1) is 5.41 Å². The van der Waals surface area contributed by atoms with Gasteiger partial charge in [0.25, 0.3) is 0 Å². The molecule has 2 atom stereocenters. The molecular formula is C28H33F4NO. The van der Waals surface area contributed by atoms with Gasteiger partial charge in [-0.1, -0.05) is 45.2 Å². The van der Waals surface area contributed by atoms with Crippen molar-refractivity contribution in [3.8, 4) is 0 Å². The molecule has 2 nitrogen and oxygen atoms in total. The summed E-state index contributed by atoms with van der Waals surface area (Å²) in [6.45, 7) is 3.99. The van der Waals surface area contributed by atoms with Crippen molar-refractivity contribution in [3.05, 3.63) is 63.5 Å². The Morgan fingerprint density at radius 3 is 2.18 bits per heavy atom. The summed E-state index contributed by atoms with van der Waals surface area (Å²) in [5.41, 5.74) is 3.36. The first-order valence-electron chi connectivity index (χ1n) is 12.7. The van der Waals surface area contributed by atoms with E-state index in [4.69, 9.17) is 4.98 Å². The second-order valence-electron chi connectivity index (χ2n) is 11.1. The normalized spacial score (nSPS) is 23.2. The Hall–Kier alpha value is -1.95. The maximum absolute atomic E-state index is 16.4. The summed E-state index contributed by atoms with van der Waals surface area (Å²) >= 11 is 0. The minimum Gasteiger partial charge on any atom is -0.388 e. The number of rotatable bonds is 4. The molecular weight excluding hydrogens is 442 g/mol. The van der Waals surface area contributed by atoms with E-state index >= 15 is 4.39 Å². The fraction of sp³-hybridized carbons (Fsp3) is 0.607. The average Bonchev–Trinajstić information content (AvgIpc) is 3.30. The summed E-state index contributed by atoms with van der Waals surface area (Å²) in [5.74, 6) is 0.117. The van der Waals surface area contributed by atoms with Crippen LogP contribution < -0.4 is 0 Å². The summed E-state index contributed by atoms with van der Waals surface area (Å²) in [4.78, 5) is 5.00. The van der Waals surface area contributed by atoms with Crippen LogP contribution in [0.1, 0.15) is 129 Å². The fourth-order valence-corrected chi connectivity index (χ4v) is 6.58. The van der Waals surface area contributed by atoms with E-state index in [0.29, 0.717) is 17.7 Å². The van der Waals surface area contributed by atoms with E-state index in [2.05, 4.69) is 0 Å². The number of hydrogen-bond donors (Lipinski definition) is 1. The average molecular weight is 476 g/mol. The second-order valence-corrected chi connectivity index (χ2v) is 11.1. The van der Waals surface area contributed by atoms with E-state index in [0.717, 1.165) is 73.9 Å². The van der Waals surface area contributed by atoms with Gasteiger partial charge in [0.05, 0.1) is 11.7 Å². The largest absolute Gasteiger partial charge is 0.416 e. The van der Waals surface area contributed by atoms with Gasteiger partial charge in [-0.2, -0.15) is 13.2 Å². The Balaban J connectivity index is 1.67. The molecule has 1 aromatic carbocycles. The lowest BCUT2D eigenvalue weighted by atomic mass is 9.59. The summed E-state index contributed by atoms with van der Waals surface area (Å²) in [5, 5.41) is 11.3. The third-order valence-corrected chi connectivity index (χ3v) is 8.43. The third kappa shape index (κ3) is 4.06. The number of benzene rings is 1. The first kappa shape index (κ1) is 23.8. The molecule has 1 N–H and O–H groups in total. The quantitative estimate of drug-likeness (QED) is 0.453. The van der Waals surface area contributed by atoms with Gasteiger partial charge in [-0.25, -0.2) is 4.39 Å². The van der Waals surface area contributed by atoms with Gasteiger partial charge in [-0.15, -0.1) is 0 Å². The van der Waals surface area contributed by atoms with Crippen LogP contribution in [0.25, 0.3) is 0 Å². The van der Waals surface area contributed by atoms with Crippen LogP contribution in [-0.4, -0.2) is 10.1 Å². The smallest absolute Gasteiger partial charge is 0.388 e. The number of hydrogen-bond acceptors (Lipinski definition) is 2. The predicted molar refractivity (Wildman–Crippen MR) is 123 cm³/mol. The van der Waals surface area contributed by atoms with Crippen molar-refractivity contribution in [2.75, 3.05) is 0 Å². The molecule has 5 rings (SSSR count). The van der Waals surface area contributed by atoms with Crippen molar-refractivity contribution >= 4 is 0 Å². The molecule has 0 amide bonds. The molecule has 0 saturated heterocycles. The summed E-state index contributed by atoms with van der Waals surface area (Å²) < 4.78 is 55.6. The number of fused-ring (bicyclic) bond motifs is 1. The molecule has 0 radical (unpaired) electrons. The molecule has 1 spiro atoms. The molecule has 1 heterocycles. The van der Waals surface area contributed by atoms with Crippen LogP contribution in [0.5, 0.6) is 0 Å². The Kier molecular flexibility index (Phi) is 6.02. The minimum absolute atomic E-state index is 0.0374. The topological polar surface area (TPSA) is 33.1 Å². The first-order valence-corrected chi connectivity index (χ1v) is 12.7. The number of halogens is 4. The maximum Gasteiger partial charge on any atom is 0.416 e. The van der Waals surface area contributed by atoms with Gasteiger partial charge in [0.15, 0.2) is 6.17 Å². The highest BCUT2D eigenvalue weighted by Crippen LogP contribution is 2.56. The second kappa shape index (κ2) is 8.61. The molecule has 3 aliphatic rings. The van der Waals surface area contributed by atoms with Crippen molar-refractivity contribution in [2.45, 2.75) is 102 Å². The molecule has 34 heavy (non-hydrogen) atoms. The van der Waals surface area contributed by atoms with Gasteiger partial charge in [0.2, 0.25) is 0 Å². The molecule has 1 aromatic heterocycles. The summed E-state index contributed by atoms with van der Waals surface area (Å²) in [6.07, 6.45) is 2.20. The molecule has 0 bridgehead atoms. The number of aliphatic hydroxyl groups is 1. The molecule has 0 unspecified atom stereocenters. The van der Waals surface area contributed by atoms with Gasteiger partial charge >= 0.3 is 6.18 Å². The van der Waals surface area contributed by atoms with Gasteiger partial charge in [-0.3, -0.25) is 4.98 Å². The van der Waals surface area contributed by atoms with E-state index in [1.54, 1.807) is 0 Å². The zero-order valence-electron chi connectivity index (χ0n) is 19.9. The zero-order chi connectivity index (χ0) is 24.3. The zero-order valence-corrected chi connectivity index (χ0v) is 19.9. The number of nitrogens with zero attached hydrogens (tertiary/aromatic N) is 1. The van der Waals surface area contributed by atoms with Crippen LogP contribution in [0.4, 0.5) is 17.6 Å². The Morgan fingerprint density at radius 2 is 1.65 bits per heavy atom. The van der Waals surface area contributed by atoms with Gasteiger partial charge in [0, 0.05) is 22.5 Å². The molecule has 2 saturated carbocycles. The standard InChI is InChI=1S/C28H33F4NO/c1-16(2)26-24(25(29)18-8-10-19(11-9-18)28(30,31)32)22(17-6-3-4-7-17)23-20(33-26)14-27(12-5-13-27)15-21(23)34/h8-11,16-17,21,25,34H,3-7,12-15H2,1-2H3/t21-,25-/m0/s1. The van der Waals surface area contributed by atoms with Gasteiger partial charge in [0.1, 0.15) is 0 Å². The van der Waals surface area contributed by atoms with E-state index in [-0.39, 0.29) is 22.8 Å². The van der Waals surface area contributed by atoms with Crippen LogP contribution in [-0.2, 0) is 12.6 Å². The van der Waals surface area contributed by atoms with Gasteiger partial charge in [-0.05, 0) is 79.0 Å². The predicted octanol–water partition coefficient (Wildman–Crippen LogP) is 8.09. The monoisotopic (exact) mass is 475 g/mol. The third-order valence-electron chi connectivity index (χ3n) is 8.43. The molecule has 2 aromatic rings. The lowest BCUT2D eigenvalue weighted by Crippen LogP contribution is -2.39. The molecule has 2 fully saturated rings. The van der Waals surface area contributed by atoms with E-state index in [9.17, 15) is 18.3 Å². The van der Waals surface area contributed by atoms with Crippen molar-refractivity contribution in [3.63, 3.8) is 0 Å². The molecule has 3 aliphatic carbocycles. The molecule has 6 heteroatoms.